The minimum absolute atomic E-state index is 0.100. The lowest BCUT2D eigenvalue weighted by atomic mass is 10.00. The predicted molar refractivity (Wildman–Crippen MR) is 326 cm³/mol. The number of phosphoric acid groups is 2. The van der Waals surface area contributed by atoms with Gasteiger partial charge < -0.3 is 33.8 Å². The summed E-state index contributed by atoms with van der Waals surface area (Å²) in [4.78, 5) is 72.1. The molecule has 0 bridgehead atoms. The first-order chi connectivity index (χ1) is 39.1. The number of hydrogen-bond donors (Lipinski definition) is 3. The Morgan fingerprint density at radius 2 is 0.585 bits per heavy atom. The third-order valence-corrected chi connectivity index (χ3v) is 16.6. The average molecular weight is 1210 g/mol. The summed E-state index contributed by atoms with van der Waals surface area (Å²) in [7, 11) is -9.89. The normalized spacial score (nSPS) is 14.8. The highest BCUT2D eigenvalue weighted by Gasteiger charge is 2.30. The van der Waals surface area contributed by atoms with Gasteiger partial charge in [0.2, 0.25) is 0 Å². The Kier molecular flexibility index (Phi) is 52.0. The number of carbonyl (C=O) groups is 4. The maximum absolute atomic E-state index is 13.0. The van der Waals surface area contributed by atoms with Crippen molar-refractivity contribution in [2.24, 2.45) is 23.7 Å². The third kappa shape index (κ3) is 55.9. The molecule has 3 N–H and O–H groups in total. The van der Waals surface area contributed by atoms with Crippen LogP contribution >= 0.6 is 15.6 Å². The summed E-state index contributed by atoms with van der Waals surface area (Å²) < 4.78 is 67.9. The van der Waals surface area contributed by atoms with E-state index in [1.54, 1.807) is 0 Å². The fourth-order valence-electron chi connectivity index (χ4n) is 9.22. The molecule has 0 saturated heterocycles. The molecule has 0 radical (unpaired) electrons. The van der Waals surface area contributed by atoms with E-state index < -0.39 is 97.5 Å². The van der Waals surface area contributed by atoms with E-state index in [1.807, 2.05) is 0 Å². The highest BCUT2D eigenvalue weighted by molar-refractivity contribution is 7.47. The van der Waals surface area contributed by atoms with Gasteiger partial charge in [-0.25, -0.2) is 9.13 Å². The molecular weight excluding hydrogens is 1090 g/mol. The van der Waals surface area contributed by atoms with Crippen LogP contribution in [0.2, 0.25) is 0 Å². The predicted octanol–water partition coefficient (Wildman–Crippen LogP) is 17.0. The maximum Gasteiger partial charge on any atom is 0.472 e. The lowest BCUT2D eigenvalue weighted by molar-refractivity contribution is -0.161. The molecule has 0 heterocycles. The minimum atomic E-state index is -4.94. The van der Waals surface area contributed by atoms with E-state index in [9.17, 15) is 43.2 Å². The first-order valence-corrected chi connectivity index (χ1v) is 35.7. The van der Waals surface area contributed by atoms with Crippen LogP contribution in [0.15, 0.2) is 0 Å². The summed E-state index contributed by atoms with van der Waals surface area (Å²) in [5.74, 6) is 0.708. The molecule has 0 aromatic heterocycles. The highest BCUT2D eigenvalue weighted by atomic mass is 31.2. The summed E-state index contributed by atoms with van der Waals surface area (Å²) in [5, 5.41) is 10.5. The van der Waals surface area contributed by atoms with Crippen LogP contribution < -0.4 is 0 Å². The van der Waals surface area contributed by atoms with Crippen LogP contribution in [0.1, 0.15) is 299 Å². The Hall–Kier alpha value is -1.94. The number of hydrogen-bond acceptors (Lipinski definition) is 15. The number of rotatable bonds is 60. The molecule has 0 fully saturated rings. The molecule has 0 aliphatic carbocycles. The van der Waals surface area contributed by atoms with Crippen LogP contribution in [-0.4, -0.2) is 96.7 Å². The molecule has 3 unspecified atom stereocenters. The van der Waals surface area contributed by atoms with Crippen molar-refractivity contribution >= 4 is 39.5 Å². The van der Waals surface area contributed by atoms with Gasteiger partial charge in [-0.05, 0) is 49.4 Å². The molecule has 0 aliphatic rings. The van der Waals surface area contributed by atoms with Gasteiger partial charge in [-0.2, -0.15) is 0 Å². The van der Waals surface area contributed by atoms with Gasteiger partial charge in [0.15, 0.2) is 12.2 Å². The Morgan fingerprint density at radius 1 is 0.341 bits per heavy atom. The zero-order valence-corrected chi connectivity index (χ0v) is 54.9. The Morgan fingerprint density at radius 3 is 0.866 bits per heavy atom. The van der Waals surface area contributed by atoms with Crippen molar-refractivity contribution in [2.75, 3.05) is 39.6 Å². The Labute approximate surface area is 498 Å². The van der Waals surface area contributed by atoms with Crippen molar-refractivity contribution in [1.82, 2.24) is 0 Å². The van der Waals surface area contributed by atoms with Gasteiger partial charge >= 0.3 is 39.5 Å². The summed E-state index contributed by atoms with van der Waals surface area (Å²) >= 11 is 0. The largest absolute Gasteiger partial charge is 0.472 e. The third-order valence-electron chi connectivity index (χ3n) is 14.7. The van der Waals surface area contributed by atoms with Crippen molar-refractivity contribution in [3.8, 4) is 0 Å². The van der Waals surface area contributed by atoms with Gasteiger partial charge in [0.05, 0.1) is 26.4 Å². The Bertz CT molecular complexity index is 1650. The van der Waals surface area contributed by atoms with Gasteiger partial charge in [-0.1, -0.05) is 248 Å². The SMILES string of the molecule is CCC(C)CCCCCCCCC(=O)OC[C@H](COP(=O)(O)OC[C@H](O)COP(=O)(O)OC[C@@H](COC(=O)CCCCCCCCCCCCC(C)C)OC(=O)CCCCCCCCCC(C)C)OC(=O)CCCCCCCCC(C)C. The van der Waals surface area contributed by atoms with Gasteiger partial charge in [0, 0.05) is 25.7 Å². The van der Waals surface area contributed by atoms with E-state index in [2.05, 4.69) is 55.4 Å². The minimum Gasteiger partial charge on any atom is -0.462 e. The fraction of sp³-hybridized carbons (Fsp3) is 0.937. The molecule has 6 atom stereocenters. The van der Waals surface area contributed by atoms with Crippen molar-refractivity contribution in [3.63, 3.8) is 0 Å². The van der Waals surface area contributed by atoms with E-state index in [0.717, 1.165) is 108 Å². The number of esters is 4. The molecule has 0 amide bonds. The van der Waals surface area contributed by atoms with Crippen molar-refractivity contribution in [3.05, 3.63) is 0 Å². The number of carbonyl (C=O) groups excluding carboxylic acids is 4. The van der Waals surface area contributed by atoms with Crippen molar-refractivity contribution in [1.29, 1.82) is 0 Å². The van der Waals surface area contributed by atoms with E-state index in [1.165, 1.54) is 96.3 Å². The summed E-state index contributed by atoms with van der Waals surface area (Å²) in [6.07, 6.45) is 32.4. The van der Waals surface area contributed by atoms with Gasteiger partial charge in [0.1, 0.15) is 19.3 Å². The zero-order chi connectivity index (χ0) is 61.1. The monoisotopic (exact) mass is 1210 g/mol. The standard InChI is InChI=1S/C63H122O17P2/c1-9-56(8)42-34-26-20-22-28-36-44-61(66)74-50-59(80-63(68)46-38-30-21-19-25-33-41-55(6)7)52-78-82(71,72)76-48-57(64)47-75-81(69,70)77-51-58(79-62(67)45-37-29-18-14-16-24-32-40-54(4)5)49-73-60(65)43-35-27-17-13-11-10-12-15-23-31-39-53(2)3/h53-59,64H,9-52H2,1-8H3,(H,69,70)(H,71,72)/t56?,57-,58-,59-/m1/s1. The molecule has 0 spiro atoms. The summed E-state index contributed by atoms with van der Waals surface area (Å²) in [5.41, 5.74) is 0. The van der Waals surface area contributed by atoms with E-state index in [4.69, 9.17) is 37.0 Å². The second kappa shape index (κ2) is 53.3. The number of unbranched alkanes of at least 4 members (excludes halogenated alkanes) is 25. The van der Waals surface area contributed by atoms with Crippen LogP contribution in [0.4, 0.5) is 0 Å². The molecule has 0 aromatic carbocycles. The van der Waals surface area contributed by atoms with Crippen LogP contribution in [0.25, 0.3) is 0 Å². The van der Waals surface area contributed by atoms with E-state index in [0.29, 0.717) is 37.5 Å². The second-order valence-corrected chi connectivity index (χ2v) is 27.4. The number of aliphatic hydroxyl groups is 1. The molecule has 0 aliphatic heterocycles. The lowest BCUT2D eigenvalue weighted by Gasteiger charge is -2.21. The average Bonchev–Trinajstić information content (AvgIpc) is 3.42. The fourth-order valence-corrected chi connectivity index (χ4v) is 10.8. The van der Waals surface area contributed by atoms with Crippen molar-refractivity contribution < 1.29 is 80.2 Å². The number of ether oxygens (including phenoxy) is 4. The van der Waals surface area contributed by atoms with Crippen LogP contribution in [-0.2, 0) is 65.4 Å². The molecule has 17 nitrogen and oxygen atoms in total. The molecule has 19 heteroatoms. The van der Waals surface area contributed by atoms with Crippen LogP contribution in [0.5, 0.6) is 0 Å². The summed E-state index contributed by atoms with van der Waals surface area (Å²) in [6, 6.07) is 0. The molecular formula is C63H122O17P2. The van der Waals surface area contributed by atoms with Crippen LogP contribution in [0, 0.1) is 23.7 Å². The van der Waals surface area contributed by atoms with E-state index in [-0.39, 0.29) is 25.7 Å². The summed E-state index contributed by atoms with van der Waals surface area (Å²) in [6.45, 7) is 13.9. The quantitative estimate of drug-likeness (QED) is 0.0222. The van der Waals surface area contributed by atoms with Gasteiger partial charge in [-0.15, -0.1) is 0 Å². The number of aliphatic hydroxyl groups excluding tert-OH is 1. The second-order valence-electron chi connectivity index (χ2n) is 24.5. The molecule has 0 rings (SSSR count). The molecule has 486 valence electrons. The number of phosphoric ester groups is 2. The van der Waals surface area contributed by atoms with Gasteiger partial charge in [-0.3, -0.25) is 37.3 Å². The van der Waals surface area contributed by atoms with Crippen LogP contribution in [0.3, 0.4) is 0 Å². The zero-order valence-electron chi connectivity index (χ0n) is 53.1. The molecule has 0 aromatic rings. The lowest BCUT2D eigenvalue weighted by Crippen LogP contribution is -2.30. The first-order valence-electron chi connectivity index (χ1n) is 32.7. The maximum atomic E-state index is 13.0. The molecule has 82 heavy (non-hydrogen) atoms. The first kappa shape index (κ1) is 80.1. The molecule has 0 saturated carbocycles. The highest BCUT2D eigenvalue weighted by Crippen LogP contribution is 2.45. The van der Waals surface area contributed by atoms with Crippen molar-refractivity contribution in [2.45, 2.75) is 318 Å². The smallest absolute Gasteiger partial charge is 0.462 e. The topological polar surface area (TPSA) is 237 Å². The Balaban J connectivity index is 5.24. The van der Waals surface area contributed by atoms with Gasteiger partial charge in [0.25, 0.3) is 0 Å². The van der Waals surface area contributed by atoms with E-state index >= 15 is 0 Å².